The van der Waals surface area contributed by atoms with Crippen molar-refractivity contribution in [2.24, 2.45) is 0 Å². The van der Waals surface area contributed by atoms with Gasteiger partial charge in [-0.2, -0.15) is 0 Å². The van der Waals surface area contributed by atoms with Gasteiger partial charge in [-0.05, 0) is 29.8 Å². The number of H-pyrrole nitrogens is 1. The Hall–Kier alpha value is -1.39. The number of nitrogens with one attached hydrogen (secondary N) is 1. The van der Waals surface area contributed by atoms with Gasteiger partial charge in [-0.25, -0.2) is 0 Å². The molecule has 2 nitrogen and oxygen atoms in total. The fraction of sp³-hybridized carbons (Fsp3) is 0.0625. The maximum absolute atomic E-state index is 12.4. The molecule has 2 aromatic carbocycles. The first-order valence-electron chi connectivity index (χ1n) is 6.18. The SMILES string of the molecule is O=C(Cc1ccc(Br)cc1)c1c[nH]c2cc(Br)ccc12. The van der Waals surface area contributed by atoms with Crippen molar-refractivity contribution in [3.63, 3.8) is 0 Å². The molecule has 1 heterocycles. The third-order valence-corrected chi connectivity index (χ3v) is 4.24. The van der Waals surface area contributed by atoms with E-state index in [0.29, 0.717) is 6.42 Å². The highest BCUT2D eigenvalue weighted by Gasteiger charge is 2.12. The molecule has 3 rings (SSSR count). The summed E-state index contributed by atoms with van der Waals surface area (Å²) in [7, 11) is 0. The van der Waals surface area contributed by atoms with Crippen LogP contribution in [0.4, 0.5) is 0 Å². The van der Waals surface area contributed by atoms with Crippen molar-refractivity contribution in [3.8, 4) is 0 Å². The fourth-order valence-electron chi connectivity index (χ4n) is 2.21. The van der Waals surface area contributed by atoms with Gasteiger partial charge in [0.1, 0.15) is 0 Å². The average Bonchev–Trinajstić information content (AvgIpc) is 2.84. The van der Waals surface area contributed by atoms with Crippen LogP contribution in [0.15, 0.2) is 57.6 Å². The van der Waals surface area contributed by atoms with Gasteiger partial charge < -0.3 is 4.98 Å². The lowest BCUT2D eigenvalue weighted by Gasteiger charge is -2.01. The van der Waals surface area contributed by atoms with Gasteiger partial charge in [-0.1, -0.05) is 50.1 Å². The molecular formula is C16H11Br2NO. The van der Waals surface area contributed by atoms with Gasteiger partial charge in [0.25, 0.3) is 0 Å². The molecule has 1 aromatic heterocycles. The van der Waals surface area contributed by atoms with Gasteiger partial charge in [0, 0.05) is 38.0 Å². The number of carbonyl (C=O) groups excluding carboxylic acids is 1. The molecule has 0 spiro atoms. The topological polar surface area (TPSA) is 32.9 Å². The number of hydrogen-bond donors (Lipinski definition) is 1. The molecule has 0 unspecified atom stereocenters. The van der Waals surface area contributed by atoms with Crippen LogP contribution in [-0.4, -0.2) is 10.8 Å². The number of rotatable bonds is 3. The smallest absolute Gasteiger partial charge is 0.169 e. The molecule has 100 valence electrons. The summed E-state index contributed by atoms with van der Waals surface area (Å²) in [5.41, 5.74) is 2.73. The molecule has 0 bridgehead atoms. The Morgan fingerprint density at radius 3 is 2.45 bits per heavy atom. The lowest BCUT2D eigenvalue weighted by molar-refractivity contribution is 0.0994. The maximum atomic E-state index is 12.4. The molecule has 0 radical (unpaired) electrons. The highest BCUT2D eigenvalue weighted by atomic mass is 79.9. The fourth-order valence-corrected chi connectivity index (χ4v) is 2.84. The predicted octanol–water partition coefficient (Wildman–Crippen LogP) is 5.12. The van der Waals surface area contributed by atoms with E-state index in [-0.39, 0.29) is 5.78 Å². The summed E-state index contributed by atoms with van der Waals surface area (Å²) < 4.78 is 2.02. The second kappa shape index (κ2) is 5.54. The zero-order valence-corrected chi connectivity index (χ0v) is 13.7. The average molecular weight is 393 g/mol. The van der Waals surface area contributed by atoms with Gasteiger partial charge in [0.2, 0.25) is 0 Å². The lowest BCUT2D eigenvalue weighted by Crippen LogP contribution is -2.02. The van der Waals surface area contributed by atoms with E-state index >= 15 is 0 Å². The Balaban J connectivity index is 1.91. The lowest BCUT2D eigenvalue weighted by atomic mass is 10.0. The van der Waals surface area contributed by atoms with Crippen molar-refractivity contribution in [3.05, 3.63) is 68.7 Å². The standard InChI is InChI=1S/C16H11Br2NO/c17-11-3-1-10(2-4-11)7-16(20)14-9-19-15-8-12(18)5-6-13(14)15/h1-6,8-9,19H,7H2. The van der Waals surface area contributed by atoms with E-state index in [1.165, 1.54) is 0 Å². The number of aromatic nitrogens is 1. The molecule has 0 atom stereocenters. The number of fused-ring (bicyclic) bond motifs is 1. The highest BCUT2D eigenvalue weighted by Crippen LogP contribution is 2.23. The zero-order valence-electron chi connectivity index (χ0n) is 10.5. The molecule has 0 aliphatic rings. The Labute approximate surface area is 133 Å². The molecule has 0 saturated carbocycles. The predicted molar refractivity (Wildman–Crippen MR) is 88.2 cm³/mol. The van der Waals surface area contributed by atoms with Crippen LogP contribution >= 0.6 is 31.9 Å². The van der Waals surface area contributed by atoms with E-state index < -0.39 is 0 Å². The van der Waals surface area contributed by atoms with Gasteiger partial charge in [0.05, 0.1) is 0 Å². The number of Topliss-reactive ketones (excluding diaryl/α,β-unsaturated/α-hetero) is 1. The molecule has 0 fully saturated rings. The van der Waals surface area contributed by atoms with Crippen molar-refractivity contribution >= 4 is 48.5 Å². The van der Waals surface area contributed by atoms with Crippen LogP contribution < -0.4 is 0 Å². The highest BCUT2D eigenvalue weighted by molar-refractivity contribution is 9.10. The van der Waals surface area contributed by atoms with Crippen molar-refractivity contribution in [2.75, 3.05) is 0 Å². The summed E-state index contributed by atoms with van der Waals surface area (Å²) >= 11 is 6.83. The first-order chi connectivity index (χ1) is 9.63. The van der Waals surface area contributed by atoms with E-state index in [4.69, 9.17) is 0 Å². The molecule has 20 heavy (non-hydrogen) atoms. The van der Waals surface area contributed by atoms with Crippen LogP contribution in [0.2, 0.25) is 0 Å². The largest absolute Gasteiger partial charge is 0.360 e. The number of carbonyl (C=O) groups is 1. The molecule has 0 aliphatic carbocycles. The first-order valence-corrected chi connectivity index (χ1v) is 7.76. The van der Waals surface area contributed by atoms with Gasteiger partial charge in [-0.15, -0.1) is 0 Å². The summed E-state index contributed by atoms with van der Waals surface area (Å²) in [6, 6.07) is 13.7. The summed E-state index contributed by atoms with van der Waals surface area (Å²) in [6.45, 7) is 0. The minimum Gasteiger partial charge on any atom is -0.360 e. The van der Waals surface area contributed by atoms with Gasteiger partial charge >= 0.3 is 0 Å². The Morgan fingerprint density at radius 1 is 1.00 bits per heavy atom. The molecule has 4 heteroatoms. The normalized spacial score (nSPS) is 10.9. The second-order valence-corrected chi connectivity index (χ2v) is 6.45. The maximum Gasteiger partial charge on any atom is 0.169 e. The number of halogens is 2. The minimum atomic E-state index is 0.126. The van der Waals surface area contributed by atoms with Crippen molar-refractivity contribution in [2.45, 2.75) is 6.42 Å². The summed E-state index contributed by atoms with van der Waals surface area (Å²) in [5.74, 6) is 0.126. The van der Waals surface area contributed by atoms with Crippen molar-refractivity contribution in [1.29, 1.82) is 0 Å². The Kier molecular flexibility index (Phi) is 3.76. The summed E-state index contributed by atoms with van der Waals surface area (Å²) in [5, 5.41) is 0.968. The Bertz CT molecular complexity index is 775. The van der Waals surface area contributed by atoms with E-state index in [9.17, 15) is 4.79 Å². The van der Waals surface area contributed by atoms with Crippen LogP contribution in [0, 0.1) is 0 Å². The van der Waals surface area contributed by atoms with E-state index in [1.807, 2.05) is 42.5 Å². The second-order valence-electron chi connectivity index (χ2n) is 4.62. The van der Waals surface area contributed by atoms with Crippen LogP contribution in [0.25, 0.3) is 10.9 Å². The van der Waals surface area contributed by atoms with Crippen LogP contribution in [0.1, 0.15) is 15.9 Å². The number of hydrogen-bond acceptors (Lipinski definition) is 1. The van der Waals surface area contributed by atoms with Crippen molar-refractivity contribution < 1.29 is 4.79 Å². The molecule has 0 aliphatic heterocycles. The van der Waals surface area contributed by atoms with Crippen LogP contribution in [0.3, 0.4) is 0 Å². The summed E-state index contributed by atoms with van der Waals surface area (Å²) in [6.07, 6.45) is 2.20. The number of aromatic amines is 1. The van der Waals surface area contributed by atoms with Gasteiger partial charge in [0.15, 0.2) is 5.78 Å². The monoisotopic (exact) mass is 391 g/mol. The molecule has 0 amide bonds. The van der Waals surface area contributed by atoms with Crippen LogP contribution in [-0.2, 0) is 6.42 Å². The van der Waals surface area contributed by atoms with E-state index in [2.05, 4.69) is 36.8 Å². The third kappa shape index (κ3) is 2.72. The van der Waals surface area contributed by atoms with Crippen LogP contribution in [0.5, 0.6) is 0 Å². The Morgan fingerprint density at radius 2 is 1.70 bits per heavy atom. The van der Waals surface area contributed by atoms with E-state index in [0.717, 1.165) is 31.0 Å². The molecule has 3 aromatic rings. The van der Waals surface area contributed by atoms with Crippen molar-refractivity contribution in [1.82, 2.24) is 4.98 Å². The number of ketones is 1. The number of benzene rings is 2. The third-order valence-electron chi connectivity index (χ3n) is 3.22. The molecule has 0 saturated heterocycles. The zero-order chi connectivity index (χ0) is 14.1. The minimum absolute atomic E-state index is 0.126. The molecule has 1 N–H and O–H groups in total. The first kappa shape index (κ1) is 13.6. The molecular weight excluding hydrogens is 382 g/mol. The van der Waals surface area contributed by atoms with E-state index in [1.54, 1.807) is 6.20 Å². The van der Waals surface area contributed by atoms with Gasteiger partial charge in [-0.3, -0.25) is 4.79 Å². The summed E-state index contributed by atoms with van der Waals surface area (Å²) in [4.78, 5) is 15.6. The quantitative estimate of drug-likeness (QED) is 0.616.